The van der Waals surface area contributed by atoms with Gasteiger partial charge in [0.2, 0.25) is 0 Å². The first kappa shape index (κ1) is 10.3. The topological polar surface area (TPSA) is 81.9 Å². The summed E-state index contributed by atoms with van der Waals surface area (Å²) in [5.74, 6) is 0. The third-order valence-corrected chi connectivity index (χ3v) is 3.50. The molecule has 4 nitrogen and oxygen atoms in total. The third kappa shape index (κ3) is 1.51. The monoisotopic (exact) mass is 245 g/mol. The fourth-order valence-corrected chi connectivity index (χ4v) is 2.58. The zero-order chi connectivity index (χ0) is 12.0. The van der Waals surface area contributed by atoms with Crippen LogP contribution in [-0.4, -0.2) is 13.7 Å². The van der Waals surface area contributed by atoms with Crippen LogP contribution < -0.4 is 5.73 Å². The van der Waals surface area contributed by atoms with Crippen LogP contribution in [0.15, 0.2) is 41.3 Å². The first-order valence-corrected chi connectivity index (χ1v) is 6.13. The lowest BCUT2D eigenvalue weighted by Gasteiger charge is -2.05. The lowest BCUT2D eigenvalue weighted by Crippen LogP contribution is -1.89. The van der Waals surface area contributed by atoms with Gasteiger partial charge in [-0.15, -0.1) is 0 Å². The molecule has 0 spiro atoms. The smallest absolute Gasteiger partial charge is 0.0617 e. The van der Waals surface area contributed by atoms with Crippen molar-refractivity contribution in [2.75, 3.05) is 5.73 Å². The highest BCUT2D eigenvalue weighted by molar-refractivity contribution is 7.79. The van der Waals surface area contributed by atoms with Gasteiger partial charge in [-0.1, -0.05) is 18.2 Å². The average Bonchev–Trinajstić information content (AvgIpc) is 2.65. The van der Waals surface area contributed by atoms with Crippen molar-refractivity contribution in [3.8, 4) is 0 Å². The standard InChI is InChI=1S/C12H10N2O2S/c13-7-4-5-8-9-2-1-3-11(17(15)16)12(9)14-10(8)6-7/h1-6,14H,13H2,(H,15,16)/p-1. The maximum absolute atomic E-state index is 11.1. The van der Waals surface area contributed by atoms with Crippen molar-refractivity contribution in [2.45, 2.75) is 4.90 Å². The van der Waals surface area contributed by atoms with Gasteiger partial charge in [-0.05, 0) is 29.3 Å². The number of nitrogens with one attached hydrogen (secondary N) is 1. The molecular formula is C12H9N2O2S-. The van der Waals surface area contributed by atoms with E-state index in [0.29, 0.717) is 11.2 Å². The molecule has 0 amide bonds. The molecule has 5 heteroatoms. The van der Waals surface area contributed by atoms with E-state index in [0.717, 1.165) is 16.3 Å². The van der Waals surface area contributed by atoms with Crippen molar-refractivity contribution in [1.29, 1.82) is 0 Å². The molecule has 0 bridgehead atoms. The molecule has 0 saturated carbocycles. The summed E-state index contributed by atoms with van der Waals surface area (Å²) in [5, 5.41) is 1.86. The molecule has 0 radical (unpaired) electrons. The SMILES string of the molecule is Nc1ccc2c(c1)[nH]c1c(S(=O)[O-])cccc12. The van der Waals surface area contributed by atoms with Crippen molar-refractivity contribution in [1.82, 2.24) is 4.98 Å². The average molecular weight is 245 g/mol. The summed E-state index contributed by atoms with van der Waals surface area (Å²) in [6.07, 6.45) is 0. The first-order valence-electron chi connectivity index (χ1n) is 5.06. The summed E-state index contributed by atoms with van der Waals surface area (Å²) in [7, 11) is 0. The van der Waals surface area contributed by atoms with Gasteiger partial charge in [0, 0.05) is 26.9 Å². The van der Waals surface area contributed by atoms with Gasteiger partial charge in [0.1, 0.15) is 0 Å². The number of anilines is 1. The van der Waals surface area contributed by atoms with Crippen molar-refractivity contribution >= 4 is 38.6 Å². The summed E-state index contributed by atoms with van der Waals surface area (Å²) in [6.45, 7) is 0. The van der Waals surface area contributed by atoms with Gasteiger partial charge >= 0.3 is 0 Å². The fraction of sp³-hybridized carbons (Fsp3) is 0. The fourth-order valence-electron chi connectivity index (χ4n) is 2.06. The van der Waals surface area contributed by atoms with Crippen LogP contribution >= 0.6 is 0 Å². The van der Waals surface area contributed by atoms with Crippen molar-refractivity contribution in [3.63, 3.8) is 0 Å². The Kier molecular flexibility index (Phi) is 2.17. The number of benzene rings is 2. The molecule has 1 heterocycles. The van der Waals surface area contributed by atoms with Crippen LogP contribution in [0.1, 0.15) is 0 Å². The number of nitrogens with two attached hydrogens (primary N) is 1. The lowest BCUT2D eigenvalue weighted by atomic mass is 10.1. The number of aromatic nitrogens is 1. The summed E-state index contributed by atoms with van der Waals surface area (Å²) in [4.78, 5) is 3.37. The van der Waals surface area contributed by atoms with E-state index < -0.39 is 11.1 Å². The molecule has 86 valence electrons. The summed E-state index contributed by atoms with van der Waals surface area (Å²) in [5.41, 5.74) is 7.82. The van der Waals surface area contributed by atoms with E-state index in [1.807, 2.05) is 12.1 Å². The largest absolute Gasteiger partial charge is 0.768 e. The molecule has 3 rings (SSSR count). The Labute approximate surface area is 99.7 Å². The van der Waals surface area contributed by atoms with Crippen LogP contribution in [0, 0.1) is 0 Å². The minimum Gasteiger partial charge on any atom is -0.768 e. The second-order valence-electron chi connectivity index (χ2n) is 3.84. The second kappa shape index (κ2) is 3.58. The number of para-hydroxylation sites is 1. The molecule has 1 unspecified atom stereocenters. The highest BCUT2D eigenvalue weighted by Gasteiger charge is 2.08. The van der Waals surface area contributed by atoms with Crippen LogP contribution in [0.3, 0.4) is 0 Å². The van der Waals surface area contributed by atoms with Gasteiger partial charge < -0.3 is 15.3 Å². The van der Waals surface area contributed by atoms with Crippen LogP contribution in [-0.2, 0) is 11.1 Å². The summed E-state index contributed by atoms with van der Waals surface area (Å²) in [6, 6.07) is 10.7. The normalized spacial score (nSPS) is 13.2. The van der Waals surface area contributed by atoms with E-state index in [9.17, 15) is 8.76 Å². The molecule has 0 saturated heterocycles. The Morgan fingerprint density at radius 3 is 2.76 bits per heavy atom. The Morgan fingerprint density at radius 2 is 2.00 bits per heavy atom. The summed E-state index contributed by atoms with van der Waals surface area (Å²) < 4.78 is 22.2. The minimum atomic E-state index is -2.25. The predicted molar refractivity (Wildman–Crippen MR) is 67.4 cm³/mol. The van der Waals surface area contributed by atoms with E-state index in [-0.39, 0.29) is 4.90 Å². The maximum atomic E-state index is 11.1. The molecular weight excluding hydrogens is 236 g/mol. The van der Waals surface area contributed by atoms with Crippen molar-refractivity contribution in [2.24, 2.45) is 0 Å². The van der Waals surface area contributed by atoms with Gasteiger partial charge in [0.15, 0.2) is 0 Å². The Bertz CT molecular complexity index is 749. The van der Waals surface area contributed by atoms with E-state index in [2.05, 4.69) is 4.98 Å². The molecule has 0 fully saturated rings. The number of hydrogen-bond acceptors (Lipinski definition) is 3. The number of nitrogen functional groups attached to an aromatic ring is 1. The maximum Gasteiger partial charge on any atom is 0.0617 e. The van der Waals surface area contributed by atoms with E-state index in [1.165, 1.54) is 0 Å². The quantitative estimate of drug-likeness (QED) is 0.509. The van der Waals surface area contributed by atoms with Crippen LogP contribution in [0.2, 0.25) is 0 Å². The van der Waals surface area contributed by atoms with Gasteiger partial charge in [-0.2, -0.15) is 0 Å². The molecule has 1 aromatic heterocycles. The Balaban J connectivity index is 2.50. The first-order chi connectivity index (χ1) is 8.16. The van der Waals surface area contributed by atoms with E-state index in [4.69, 9.17) is 5.73 Å². The molecule has 17 heavy (non-hydrogen) atoms. The summed E-state index contributed by atoms with van der Waals surface area (Å²) >= 11 is -2.25. The lowest BCUT2D eigenvalue weighted by molar-refractivity contribution is 0.538. The molecule has 2 aromatic carbocycles. The van der Waals surface area contributed by atoms with Gasteiger partial charge in [0.25, 0.3) is 0 Å². The molecule has 0 aliphatic carbocycles. The third-order valence-electron chi connectivity index (χ3n) is 2.80. The zero-order valence-electron chi connectivity index (χ0n) is 8.77. The highest BCUT2D eigenvalue weighted by atomic mass is 32.2. The van der Waals surface area contributed by atoms with E-state index in [1.54, 1.807) is 24.3 Å². The van der Waals surface area contributed by atoms with Gasteiger partial charge in [-0.25, -0.2) is 0 Å². The number of aromatic amines is 1. The molecule has 0 aliphatic heterocycles. The number of fused-ring (bicyclic) bond motifs is 3. The van der Waals surface area contributed by atoms with Crippen molar-refractivity contribution < 1.29 is 8.76 Å². The number of H-pyrrole nitrogens is 1. The van der Waals surface area contributed by atoms with E-state index >= 15 is 0 Å². The Hall–Kier alpha value is -1.85. The Morgan fingerprint density at radius 1 is 1.18 bits per heavy atom. The van der Waals surface area contributed by atoms with Gasteiger partial charge in [-0.3, -0.25) is 4.21 Å². The van der Waals surface area contributed by atoms with Gasteiger partial charge in [0.05, 0.1) is 5.52 Å². The molecule has 3 N–H and O–H groups in total. The van der Waals surface area contributed by atoms with Crippen LogP contribution in [0.25, 0.3) is 21.8 Å². The number of rotatable bonds is 1. The highest BCUT2D eigenvalue weighted by Crippen LogP contribution is 2.29. The predicted octanol–water partition coefficient (Wildman–Crippen LogP) is 2.14. The molecule has 0 aliphatic rings. The molecule has 3 aromatic rings. The second-order valence-corrected chi connectivity index (χ2v) is 4.75. The van der Waals surface area contributed by atoms with Crippen LogP contribution in [0.5, 0.6) is 0 Å². The van der Waals surface area contributed by atoms with Crippen molar-refractivity contribution in [3.05, 3.63) is 36.4 Å². The molecule has 1 atom stereocenters. The van der Waals surface area contributed by atoms with Crippen LogP contribution in [0.4, 0.5) is 5.69 Å². The minimum absolute atomic E-state index is 0.275. The zero-order valence-corrected chi connectivity index (χ0v) is 9.58. The number of hydrogen-bond donors (Lipinski definition) is 2.